The van der Waals surface area contributed by atoms with Crippen LogP contribution in [0.2, 0.25) is 0 Å². The van der Waals surface area contributed by atoms with Crippen molar-refractivity contribution in [2.75, 3.05) is 24.5 Å². The summed E-state index contributed by atoms with van der Waals surface area (Å²) < 4.78 is 43.5. The van der Waals surface area contributed by atoms with Gasteiger partial charge in [0.05, 0.1) is 17.3 Å². The van der Waals surface area contributed by atoms with Crippen LogP contribution in [0, 0.1) is 0 Å². The lowest BCUT2D eigenvalue weighted by Crippen LogP contribution is -2.54. The van der Waals surface area contributed by atoms with Crippen molar-refractivity contribution in [3.63, 3.8) is 0 Å². The van der Waals surface area contributed by atoms with Gasteiger partial charge in [-0.3, -0.25) is 0 Å². The molecule has 1 unspecified atom stereocenters. The van der Waals surface area contributed by atoms with E-state index in [2.05, 4.69) is 0 Å². The fourth-order valence-electron chi connectivity index (χ4n) is 2.48. The Bertz CT molecular complexity index is 456. The first-order valence-corrected chi connectivity index (χ1v) is 6.51. The SMILES string of the molecule is CC1(C)CN(c2ccc(C(F)(F)F)cc2)CC(CN)O1. The number of rotatable bonds is 2. The zero-order valence-electron chi connectivity index (χ0n) is 11.6. The average Bonchev–Trinajstić information content (AvgIpc) is 2.36. The zero-order chi connectivity index (χ0) is 15.0. The van der Waals surface area contributed by atoms with Crippen molar-refractivity contribution in [3.8, 4) is 0 Å². The molecular formula is C14H19F3N2O. The summed E-state index contributed by atoms with van der Waals surface area (Å²) >= 11 is 0. The number of benzene rings is 1. The van der Waals surface area contributed by atoms with Gasteiger partial charge in [0.1, 0.15) is 0 Å². The van der Waals surface area contributed by atoms with Gasteiger partial charge in [-0.1, -0.05) is 0 Å². The van der Waals surface area contributed by atoms with E-state index in [1.165, 1.54) is 12.1 Å². The van der Waals surface area contributed by atoms with Gasteiger partial charge in [0.2, 0.25) is 0 Å². The quantitative estimate of drug-likeness (QED) is 0.909. The van der Waals surface area contributed by atoms with Gasteiger partial charge in [0.15, 0.2) is 0 Å². The number of alkyl halides is 3. The van der Waals surface area contributed by atoms with Gasteiger partial charge in [-0.2, -0.15) is 13.2 Å². The van der Waals surface area contributed by atoms with Crippen molar-refractivity contribution >= 4 is 5.69 Å². The first-order valence-electron chi connectivity index (χ1n) is 6.51. The Morgan fingerprint density at radius 2 is 1.90 bits per heavy atom. The monoisotopic (exact) mass is 288 g/mol. The highest BCUT2D eigenvalue weighted by Crippen LogP contribution is 2.32. The van der Waals surface area contributed by atoms with Crippen molar-refractivity contribution in [1.82, 2.24) is 0 Å². The van der Waals surface area contributed by atoms with E-state index in [0.29, 0.717) is 19.6 Å². The molecule has 2 N–H and O–H groups in total. The topological polar surface area (TPSA) is 38.5 Å². The summed E-state index contributed by atoms with van der Waals surface area (Å²) in [5.41, 5.74) is 5.40. The Morgan fingerprint density at radius 1 is 1.30 bits per heavy atom. The van der Waals surface area contributed by atoms with Crippen LogP contribution in [0.1, 0.15) is 19.4 Å². The summed E-state index contributed by atoms with van der Waals surface area (Å²) in [6.45, 7) is 5.50. The molecule has 0 spiro atoms. The molecule has 1 aromatic carbocycles. The van der Waals surface area contributed by atoms with Crippen LogP contribution in [0.4, 0.5) is 18.9 Å². The summed E-state index contributed by atoms with van der Waals surface area (Å²) in [6, 6.07) is 5.21. The predicted molar refractivity (Wildman–Crippen MR) is 71.7 cm³/mol. The Balaban J connectivity index is 2.18. The highest BCUT2D eigenvalue weighted by molar-refractivity contribution is 5.49. The molecule has 0 aliphatic carbocycles. The number of nitrogens with zero attached hydrogens (tertiary/aromatic N) is 1. The van der Waals surface area contributed by atoms with Crippen molar-refractivity contribution in [1.29, 1.82) is 0 Å². The van der Waals surface area contributed by atoms with Crippen molar-refractivity contribution in [2.24, 2.45) is 5.73 Å². The van der Waals surface area contributed by atoms with E-state index >= 15 is 0 Å². The van der Waals surface area contributed by atoms with Crippen molar-refractivity contribution < 1.29 is 17.9 Å². The van der Waals surface area contributed by atoms with Gasteiger partial charge in [-0.25, -0.2) is 0 Å². The number of hydrogen-bond donors (Lipinski definition) is 1. The normalized spacial score (nSPS) is 22.9. The maximum Gasteiger partial charge on any atom is 0.416 e. The maximum absolute atomic E-state index is 12.6. The summed E-state index contributed by atoms with van der Waals surface area (Å²) in [6.07, 6.45) is -4.41. The smallest absolute Gasteiger partial charge is 0.367 e. The lowest BCUT2D eigenvalue weighted by atomic mass is 10.0. The largest absolute Gasteiger partial charge is 0.416 e. The third kappa shape index (κ3) is 3.43. The Morgan fingerprint density at radius 3 is 2.40 bits per heavy atom. The van der Waals surface area contributed by atoms with Crippen LogP contribution in [0.15, 0.2) is 24.3 Å². The molecular weight excluding hydrogens is 269 g/mol. The molecule has 1 heterocycles. The second kappa shape index (κ2) is 5.26. The third-order valence-corrected chi connectivity index (χ3v) is 3.30. The van der Waals surface area contributed by atoms with E-state index in [9.17, 15) is 13.2 Å². The van der Waals surface area contributed by atoms with Crippen LogP contribution in [0.3, 0.4) is 0 Å². The summed E-state index contributed by atoms with van der Waals surface area (Å²) in [5, 5.41) is 0. The molecule has 3 nitrogen and oxygen atoms in total. The molecule has 20 heavy (non-hydrogen) atoms. The van der Waals surface area contributed by atoms with E-state index in [0.717, 1.165) is 17.8 Å². The fourth-order valence-corrected chi connectivity index (χ4v) is 2.48. The van der Waals surface area contributed by atoms with Crippen LogP contribution in [0.5, 0.6) is 0 Å². The van der Waals surface area contributed by atoms with Crippen LogP contribution in [0.25, 0.3) is 0 Å². The van der Waals surface area contributed by atoms with Gasteiger partial charge >= 0.3 is 6.18 Å². The van der Waals surface area contributed by atoms with Gasteiger partial charge < -0.3 is 15.4 Å². The van der Waals surface area contributed by atoms with E-state index in [1.54, 1.807) is 0 Å². The van der Waals surface area contributed by atoms with Crippen LogP contribution in [-0.4, -0.2) is 31.3 Å². The number of halogens is 3. The number of ether oxygens (including phenoxy) is 1. The Labute approximate surface area is 116 Å². The summed E-state index contributed by atoms with van der Waals surface area (Å²) in [7, 11) is 0. The van der Waals surface area contributed by atoms with Crippen LogP contribution >= 0.6 is 0 Å². The molecule has 1 aliphatic rings. The number of morpholine rings is 1. The number of anilines is 1. The average molecular weight is 288 g/mol. The maximum atomic E-state index is 12.6. The highest BCUT2D eigenvalue weighted by atomic mass is 19.4. The van der Waals surface area contributed by atoms with Crippen LogP contribution in [-0.2, 0) is 10.9 Å². The minimum atomic E-state index is -4.30. The second-order valence-electron chi connectivity index (χ2n) is 5.66. The summed E-state index contributed by atoms with van der Waals surface area (Å²) in [4.78, 5) is 2.02. The van der Waals surface area contributed by atoms with Gasteiger partial charge in [-0.05, 0) is 38.1 Å². The van der Waals surface area contributed by atoms with Gasteiger partial charge in [-0.15, -0.1) is 0 Å². The molecule has 2 rings (SSSR count). The molecule has 1 fully saturated rings. The molecule has 0 radical (unpaired) electrons. The number of nitrogens with two attached hydrogens (primary N) is 1. The van der Waals surface area contributed by atoms with E-state index in [-0.39, 0.29) is 11.7 Å². The molecule has 1 aromatic rings. The molecule has 112 valence electrons. The third-order valence-electron chi connectivity index (χ3n) is 3.30. The van der Waals surface area contributed by atoms with Crippen molar-refractivity contribution in [3.05, 3.63) is 29.8 Å². The predicted octanol–water partition coefficient (Wildman–Crippen LogP) is 2.65. The standard InChI is InChI=1S/C14H19F3N2O/c1-13(2)9-19(8-12(7-18)20-13)11-5-3-10(4-6-11)14(15,16)17/h3-6,12H,7-9,18H2,1-2H3. The molecule has 0 amide bonds. The molecule has 0 saturated carbocycles. The van der Waals surface area contributed by atoms with Crippen LogP contribution < -0.4 is 10.6 Å². The molecule has 1 atom stereocenters. The van der Waals surface area contributed by atoms with Crippen molar-refractivity contribution in [2.45, 2.75) is 31.7 Å². The highest BCUT2D eigenvalue weighted by Gasteiger charge is 2.34. The lowest BCUT2D eigenvalue weighted by Gasteiger charge is -2.43. The molecule has 1 saturated heterocycles. The number of hydrogen-bond acceptors (Lipinski definition) is 3. The van der Waals surface area contributed by atoms with E-state index in [4.69, 9.17) is 10.5 Å². The minimum Gasteiger partial charge on any atom is -0.367 e. The first kappa shape index (κ1) is 15.1. The Hall–Kier alpha value is -1.27. The van der Waals surface area contributed by atoms with Gasteiger partial charge in [0.25, 0.3) is 0 Å². The lowest BCUT2D eigenvalue weighted by molar-refractivity contribution is -0.137. The molecule has 1 aliphatic heterocycles. The fraction of sp³-hybridized carbons (Fsp3) is 0.571. The molecule has 0 bridgehead atoms. The second-order valence-corrected chi connectivity index (χ2v) is 5.66. The molecule has 6 heteroatoms. The summed E-state index contributed by atoms with van der Waals surface area (Å²) in [5.74, 6) is 0. The van der Waals surface area contributed by atoms with E-state index in [1.807, 2.05) is 18.7 Å². The van der Waals surface area contributed by atoms with E-state index < -0.39 is 11.7 Å². The first-order chi connectivity index (χ1) is 9.21. The minimum absolute atomic E-state index is 0.110. The molecule has 0 aromatic heterocycles. The van der Waals surface area contributed by atoms with Gasteiger partial charge in [0, 0.05) is 25.3 Å². The zero-order valence-corrected chi connectivity index (χ0v) is 11.6. The Kier molecular flexibility index (Phi) is 3.97.